The van der Waals surface area contributed by atoms with Crippen LogP contribution in [0.4, 0.5) is 20.3 Å². The van der Waals surface area contributed by atoms with Crippen molar-refractivity contribution in [2.45, 2.75) is 64.6 Å². The van der Waals surface area contributed by atoms with E-state index in [0.29, 0.717) is 61.7 Å². The summed E-state index contributed by atoms with van der Waals surface area (Å²) in [5.74, 6) is -0.710. The van der Waals surface area contributed by atoms with Crippen molar-refractivity contribution in [1.29, 1.82) is 5.26 Å². The van der Waals surface area contributed by atoms with Gasteiger partial charge in [-0.15, -0.1) is 0 Å². The van der Waals surface area contributed by atoms with Crippen LogP contribution >= 0.6 is 11.6 Å². The number of hydrogen-bond acceptors (Lipinski definition) is 7. The van der Waals surface area contributed by atoms with Crippen LogP contribution in [0.1, 0.15) is 50.8 Å². The summed E-state index contributed by atoms with van der Waals surface area (Å²) < 4.78 is 35.0. The van der Waals surface area contributed by atoms with Crippen LogP contribution < -0.4 is 14.5 Å². The molecule has 8 nitrogen and oxygen atoms in total. The van der Waals surface area contributed by atoms with Crippen LogP contribution in [-0.4, -0.2) is 59.1 Å². The number of aromatic nitrogens is 2. The molecule has 1 amide bonds. The van der Waals surface area contributed by atoms with Crippen LogP contribution in [0.5, 0.6) is 6.01 Å². The first-order valence-corrected chi connectivity index (χ1v) is 16.0. The molecular formula is C34H37ClF2N6O2. The molecule has 0 N–H and O–H groups in total. The van der Waals surface area contributed by atoms with Gasteiger partial charge in [0.2, 0.25) is 0 Å². The fourth-order valence-electron chi connectivity index (χ4n) is 7.21. The maximum atomic E-state index is 14.6. The highest BCUT2D eigenvalue weighted by Crippen LogP contribution is 2.39. The summed E-state index contributed by atoms with van der Waals surface area (Å²) in [6.45, 7) is 9.61. The van der Waals surface area contributed by atoms with Gasteiger partial charge in [0, 0.05) is 42.8 Å². The van der Waals surface area contributed by atoms with E-state index in [2.05, 4.69) is 36.3 Å². The molecule has 3 heterocycles. The van der Waals surface area contributed by atoms with E-state index >= 15 is 0 Å². The molecule has 3 aromatic rings. The summed E-state index contributed by atoms with van der Waals surface area (Å²) in [5.41, 5.74) is 2.60. The number of rotatable bonds is 7. The minimum Gasteiger partial charge on any atom is -0.460 e. The number of halogens is 3. The van der Waals surface area contributed by atoms with Crippen LogP contribution in [-0.2, 0) is 17.8 Å². The number of benzene rings is 2. The zero-order valence-corrected chi connectivity index (χ0v) is 26.4. The lowest BCUT2D eigenvalue weighted by molar-refractivity contribution is -0.131. The highest BCUT2D eigenvalue weighted by Gasteiger charge is 2.36. The van der Waals surface area contributed by atoms with E-state index in [9.17, 15) is 18.8 Å². The zero-order valence-electron chi connectivity index (χ0n) is 25.6. The normalized spacial score (nSPS) is 21.6. The molecule has 45 heavy (non-hydrogen) atoms. The molecule has 0 spiro atoms. The fraction of sp³-hybridized carbons (Fsp3) is 0.471. The quantitative estimate of drug-likeness (QED) is 0.271. The molecule has 2 fully saturated rings. The van der Waals surface area contributed by atoms with E-state index in [1.807, 2.05) is 18.2 Å². The van der Waals surface area contributed by atoms with E-state index in [1.54, 1.807) is 6.07 Å². The number of hydrogen-bond donors (Lipinski definition) is 0. The molecule has 2 aromatic carbocycles. The zero-order chi connectivity index (χ0) is 31.8. The van der Waals surface area contributed by atoms with Gasteiger partial charge < -0.3 is 19.4 Å². The Morgan fingerprint density at radius 3 is 2.76 bits per heavy atom. The van der Waals surface area contributed by atoms with E-state index < -0.39 is 23.6 Å². The van der Waals surface area contributed by atoms with Crippen LogP contribution in [0.15, 0.2) is 42.7 Å². The second-order valence-electron chi connectivity index (χ2n) is 12.5. The summed E-state index contributed by atoms with van der Waals surface area (Å²) in [6.07, 6.45) is 3.78. The molecule has 0 unspecified atom stereocenters. The van der Waals surface area contributed by atoms with Crippen LogP contribution in [0, 0.1) is 29.0 Å². The van der Waals surface area contributed by atoms with Crippen LogP contribution in [0.2, 0.25) is 5.02 Å². The number of ether oxygens (including phenoxy) is 1. The second-order valence-corrected chi connectivity index (χ2v) is 12.9. The van der Waals surface area contributed by atoms with E-state index in [4.69, 9.17) is 26.3 Å². The van der Waals surface area contributed by atoms with Gasteiger partial charge in [0.05, 0.1) is 35.8 Å². The van der Waals surface area contributed by atoms with E-state index in [-0.39, 0.29) is 24.1 Å². The maximum Gasteiger partial charge on any atom is 0.318 e. The predicted octanol–water partition coefficient (Wildman–Crippen LogP) is 6.60. The molecule has 11 heteroatoms. The van der Waals surface area contributed by atoms with Crippen molar-refractivity contribution in [2.24, 2.45) is 11.8 Å². The first-order chi connectivity index (χ1) is 21.7. The topological polar surface area (TPSA) is 85.6 Å². The standard InChI is InChI=1S/C34H37ClF2N6O2/c1-20(2)24-7-5-9-29(24)45-34-39-27-19-41(28-8-4-6-22-10-11-26(37)31(35)30(22)28)15-13-25(27)32(40-34)42-16-17-43(33(44)21(3)36)23(18-42)12-14-38/h4,6,8,10-11,20,23-24,29H,3,5,7,9,12-13,15-19H2,1-2H3/t23-,24+,29-/m0/s1. The summed E-state index contributed by atoms with van der Waals surface area (Å²) in [7, 11) is 0. The Bertz CT molecular complexity index is 1680. The Morgan fingerprint density at radius 1 is 1.18 bits per heavy atom. The van der Waals surface area contributed by atoms with Gasteiger partial charge in [-0.25, -0.2) is 8.78 Å². The minimum absolute atomic E-state index is 0.00631. The van der Waals surface area contributed by atoms with Crippen molar-refractivity contribution in [3.63, 3.8) is 0 Å². The van der Waals surface area contributed by atoms with Crippen LogP contribution in [0.3, 0.4) is 0 Å². The number of amides is 1. The fourth-order valence-corrected chi connectivity index (χ4v) is 7.48. The third-order valence-corrected chi connectivity index (χ3v) is 9.86. The molecule has 3 aliphatic rings. The van der Waals surface area contributed by atoms with Crippen molar-refractivity contribution >= 4 is 39.8 Å². The first-order valence-electron chi connectivity index (χ1n) is 15.6. The van der Waals surface area contributed by atoms with E-state index in [0.717, 1.165) is 41.6 Å². The Morgan fingerprint density at radius 2 is 2.00 bits per heavy atom. The van der Waals surface area contributed by atoms with Gasteiger partial charge in [0.25, 0.3) is 5.91 Å². The molecule has 1 saturated heterocycles. The van der Waals surface area contributed by atoms with Gasteiger partial charge in [-0.2, -0.15) is 15.2 Å². The highest BCUT2D eigenvalue weighted by atomic mass is 35.5. The van der Waals surface area contributed by atoms with Crippen molar-refractivity contribution in [3.05, 3.63) is 64.8 Å². The van der Waals surface area contributed by atoms with Crippen LogP contribution in [0.25, 0.3) is 10.8 Å². The largest absolute Gasteiger partial charge is 0.460 e. The Kier molecular flexibility index (Phi) is 8.82. The van der Waals surface area contributed by atoms with Gasteiger partial charge >= 0.3 is 6.01 Å². The first kappa shape index (κ1) is 31.0. The molecular weight excluding hydrogens is 598 g/mol. The van der Waals surface area contributed by atoms with Gasteiger partial charge in [-0.05, 0) is 55.0 Å². The number of piperazine rings is 1. The molecule has 6 rings (SSSR count). The third-order valence-electron chi connectivity index (χ3n) is 9.50. The number of fused-ring (bicyclic) bond motifs is 2. The third kappa shape index (κ3) is 6.02. The lowest BCUT2D eigenvalue weighted by atomic mass is 9.92. The van der Waals surface area contributed by atoms with Crippen molar-refractivity contribution in [2.75, 3.05) is 36.0 Å². The lowest BCUT2D eigenvalue weighted by Gasteiger charge is -2.42. The molecule has 236 valence electrons. The Hall–Kier alpha value is -3.97. The van der Waals surface area contributed by atoms with Gasteiger partial charge in [0.15, 0.2) is 5.83 Å². The van der Waals surface area contributed by atoms with E-state index in [1.165, 1.54) is 11.0 Å². The molecule has 0 bridgehead atoms. The smallest absolute Gasteiger partial charge is 0.318 e. The summed E-state index contributed by atoms with van der Waals surface area (Å²) >= 11 is 6.50. The average molecular weight is 635 g/mol. The molecule has 1 aromatic heterocycles. The van der Waals surface area contributed by atoms with Gasteiger partial charge in [0.1, 0.15) is 17.7 Å². The minimum atomic E-state index is -1.04. The Labute approximate surface area is 267 Å². The maximum absolute atomic E-state index is 14.6. The second kappa shape index (κ2) is 12.8. The molecule has 1 saturated carbocycles. The lowest BCUT2D eigenvalue weighted by Crippen LogP contribution is -2.55. The molecule has 0 radical (unpaired) electrons. The summed E-state index contributed by atoms with van der Waals surface area (Å²) in [6, 6.07) is 10.8. The number of carbonyl (C=O) groups excluding carboxylic acids is 1. The van der Waals surface area contributed by atoms with Crippen molar-refractivity contribution < 1.29 is 18.3 Å². The summed E-state index contributed by atoms with van der Waals surface area (Å²) in [5, 5.41) is 11.1. The van der Waals surface area contributed by atoms with Gasteiger partial charge in [-0.1, -0.05) is 50.2 Å². The number of anilines is 2. The number of carbonyl (C=O) groups is 1. The SMILES string of the molecule is C=C(F)C(=O)N1CCN(c2nc(O[C@H]3CCC[C@@H]3C(C)C)nc3c2CCN(c2cccc4ccc(F)c(Cl)c24)C3)C[C@@H]1CC#N. The predicted molar refractivity (Wildman–Crippen MR) is 170 cm³/mol. The average Bonchev–Trinajstić information content (AvgIpc) is 3.50. The molecule has 1 aliphatic carbocycles. The monoisotopic (exact) mass is 634 g/mol. The number of nitriles is 1. The Balaban J connectivity index is 1.38. The highest BCUT2D eigenvalue weighted by molar-refractivity contribution is 6.36. The number of nitrogens with zero attached hydrogens (tertiary/aromatic N) is 6. The van der Waals surface area contributed by atoms with Crippen molar-refractivity contribution in [3.8, 4) is 12.1 Å². The van der Waals surface area contributed by atoms with Gasteiger partial charge in [-0.3, -0.25) is 4.79 Å². The summed E-state index contributed by atoms with van der Waals surface area (Å²) in [4.78, 5) is 28.1. The van der Waals surface area contributed by atoms with Crippen molar-refractivity contribution in [1.82, 2.24) is 14.9 Å². The molecule has 2 aliphatic heterocycles. The molecule has 3 atom stereocenters.